The van der Waals surface area contributed by atoms with Crippen LogP contribution in [0.15, 0.2) is 36.5 Å². The summed E-state index contributed by atoms with van der Waals surface area (Å²) in [7, 11) is -0.912. The molecule has 0 spiro atoms. The van der Waals surface area contributed by atoms with Crippen LogP contribution >= 0.6 is 0 Å². The monoisotopic (exact) mass is 333 g/mol. The highest BCUT2D eigenvalue weighted by atomic mass is 32.2. The second-order valence-electron chi connectivity index (χ2n) is 6.29. The Morgan fingerprint density at radius 1 is 1.30 bits per heavy atom. The van der Waals surface area contributed by atoms with E-state index in [1.807, 2.05) is 36.1 Å². The lowest BCUT2D eigenvalue weighted by Gasteiger charge is -2.22. The summed E-state index contributed by atoms with van der Waals surface area (Å²) in [4.78, 5) is 0. The normalized spacial score (nSPS) is 20.3. The van der Waals surface area contributed by atoms with Gasteiger partial charge in [0.1, 0.15) is 0 Å². The van der Waals surface area contributed by atoms with Gasteiger partial charge in [-0.2, -0.15) is 5.10 Å². The van der Waals surface area contributed by atoms with E-state index in [1.54, 1.807) is 0 Å². The predicted molar refractivity (Wildman–Crippen MR) is 92.3 cm³/mol. The van der Waals surface area contributed by atoms with E-state index in [4.69, 9.17) is 0 Å². The van der Waals surface area contributed by atoms with E-state index in [2.05, 4.69) is 22.5 Å². The molecule has 1 saturated heterocycles. The van der Waals surface area contributed by atoms with E-state index in [0.29, 0.717) is 18.1 Å². The summed E-state index contributed by atoms with van der Waals surface area (Å²) >= 11 is 0. The molecule has 5 nitrogen and oxygen atoms in total. The molecule has 6 heteroatoms. The third-order valence-electron chi connectivity index (χ3n) is 4.41. The highest BCUT2D eigenvalue weighted by Gasteiger charge is 2.24. The van der Waals surface area contributed by atoms with Gasteiger partial charge in [-0.1, -0.05) is 30.3 Å². The smallest absolute Gasteiger partial charge is 0.150 e. The number of hydrogen-bond donors (Lipinski definition) is 1. The van der Waals surface area contributed by atoms with Gasteiger partial charge < -0.3 is 5.32 Å². The molecule has 1 atom stereocenters. The van der Waals surface area contributed by atoms with Gasteiger partial charge in [0.15, 0.2) is 9.84 Å². The van der Waals surface area contributed by atoms with E-state index in [1.165, 1.54) is 5.56 Å². The number of hydrogen-bond acceptors (Lipinski definition) is 4. The van der Waals surface area contributed by atoms with Crippen LogP contribution in [0.1, 0.15) is 24.1 Å². The molecule has 1 unspecified atom stereocenters. The van der Waals surface area contributed by atoms with Crippen LogP contribution in [0.3, 0.4) is 0 Å². The highest BCUT2D eigenvalue weighted by molar-refractivity contribution is 7.91. The fraction of sp³-hybridized carbons (Fsp3) is 0.471. The Labute approximate surface area is 137 Å². The summed E-state index contributed by atoms with van der Waals surface area (Å²) in [5.41, 5.74) is 3.36. The molecular formula is C17H23N3O2S. The quantitative estimate of drug-likeness (QED) is 0.911. The number of rotatable bonds is 5. The number of benzene rings is 1. The van der Waals surface area contributed by atoms with Gasteiger partial charge in [-0.3, -0.25) is 4.68 Å². The minimum absolute atomic E-state index is 0.193. The van der Waals surface area contributed by atoms with Gasteiger partial charge in [-0.05, 0) is 24.3 Å². The molecule has 1 aromatic heterocycles. The molecular weight excluding hydrogens is 310 g/mol. The first-order valence-electron chi connectivity index (χ1n) is 8.02. The molecule has 0 aliphatic carbocycles. The van der Waals surface area contributed by atoms with Crippen molar-refractivity contribution in [3.63, 3.8) is 0 Å². The third-order valence-corrected chi connectivity index (χ3v) is 6.30. The second kappa shape index (κ2) is 6.74. The molecule has 1 N–H and O–H groups in total. The van der Waals surface area contributed by atoms with Crippen LogP contribution in [0.25, 0.3) is 0 Å². The molecule has 124 valence electrons. The summed E-state index contributed by atoms with van der Waals surface area (Å²) in [6, 6.07) is 10.3. The van der Waals surface area contributed by atoms with Crippen LogP contribution < -0.4 is 5.32 Å². The topological polar surface area (TPSA) is 64.0 Å². The minimum Gasteiger partial charge on any atom is -0.382 e. The molecule has 1 aliphatic rings. The molecule has 0 radical (unpaired) electrons. The van der Waals surface area contributed by atoms with Crippen LogP contribution in [0.5, 0.6) is 0 Å². The zero-order valence-corrected chi connectivity index (χ0v) is 14.2. The molecule has 2 aromatic rings. The number of nitrogens with zero attached hydrogens (tertiary/aromatic N) is 2. The summed E-state index contributed by atoms with van der Waals surface area (Å²) in [6.45, 7) is 0.687. The molecule has 1 aromatic carbocycles. The van der Waals surface area contributed by atoms with Crippen molar-refractivity contribution in [1.29, 1.82) is 0 Å². The van der Waals surface area contributed by atoms with Gasteiger partial charge >= 0.3 is 0 Å². The zero-order valence-electron chi connectivity index (χ0n) is 13.4. The van der Waals surface area contributed by atoms with Crippen molar-refractivity contribution in [3.8, 4) is 0 Å². The number of anilines is 1. The predicted octanol–water partition coefficient (Wildman–Crippen LogP) is 2.25. The van der Waals surface area contributed by atoms with E-state index in [-0.39, 0.29) is 5.92 Å². The summed E-state index contributed by atoms with van der Waals surface area (Å²) < 4.78 is 25.4. The third kappa shape index (κ3) is 4.13. The maximum Gasteiger partial charge on any atom is 0.150 e. The van der Waals surface area contributed by atoms with Crippen molar-refractivity contribution in [3.05, 3.63) is 47.8 Å². The van der Waals surface area contributed by atoms with Crippen molar-refractivity contribution in [1.82, 2.24) is 9.78 Å². The Balaban J connectivity index is 1.67. The van der Waals surface area contributed by atoms with Gasteiger partial charge in [0.25, 0.3) is 0 Å². The molecule has 0 bridgehead atoms. The van der Waals surface area contributed by atoms with Gasteiger partial charge in [0, 0.05) is 20.0 Å². The first-order chi connectivity index (χ1) is 11.0. The lowest BCUT2D eigenvalue weighted by Crippen LogP contribution is -2.29. The molecule has 23 heavy (non-hydrogen) atoms. The van der Waals surface area contributed by atoms with Crippen LogP contribution in [-0.4, -0.2) is 36.2 Å². The van der Waals surface area contributed by atoms with Gasteiger partial charge in [0.2, 0.25) is 0 Å². The molecule has 3 rings (SSSR count). The lowest BCUT2D eigenvalue weighted by molar-refractivity contribution is 0.502. The molecule has 0 saturated carbocycles. The Hall–Kier alpha value is -1.82. The van der Waals surface area contributed by atoms with E-state index in [9.17, 15) is 8.42 Å². The molecule has 0 amide bonds. The average molecular weight is 333 g/mol. The van der Waals surface area contributed by atoms with Crippen molar-refractivity contribution >= 4 is 15.5 Å². The Kier molecular flexibility index (Phi) is 4.71. The summed E-state index contributed by atoms with van der Waals surface area (Å²) in [6.07, 6.45) is 4.39. The number of nitrogens with one attached hydrogen (secondary N) is 1. The zero-order chi connectivity index (χ0) is 16.3. The van der Waals surface area contributed by atoms with Crippen molar-refractivity contribution in [2.75, 3.05) is 23.4 Å². The summed E-state index contributed by atoms with van der Waals surface area (Å²) in [5, 5.41) is 7.76. The van der Waals surface area contributed by atoms with Crippen molar-refractivity contribution < 1.29 is 8.42 Å². The SMILES string of the molecule is Cn1ncc(NCC2CCCS(=O)(=O)C2)c1Cc1ccccc1. The van der Waals surface area contributed by atoms with E-state index < -0.39 is 9.84 Å². The van der Waals surface area contributed by atoms with Crippen LogP contribution in [0.2, 0.25) is 0 Å². The fourth-order valence-corrected chi connectivity index (χ4v) is 4.92. The molecule has 1 fully saturated rings. The maximum atomic E-state index is 11.7. The largest absolute Gasteiger partial charge is 0.382 e. The average Bonchev–Trinajstić information content (AvgIpc) is 2.86. The minimum atomic E-state index is -2.85. The Morgan fingerprint density at radius 2 is 2.09 bits per heavy atom. The van der Waals surface area contributed by atoms with E-state index in [0.717, 1.165) is 30.6 Å². The number of sulfone groups is 1. The van der Waals surface area contributed by atoms with Crippen LogP contribution in [0.4, 0.5) is 5.69 Å². The first kappa shape index (κ1) is 16.1. The number of aryl methyl sites for hydroxylation is 1. The first-order valence-corrected chi connectivity index (χ1v) is 9.85. The fourth-order valence-electron chi connectivity index (χ4n) is 3.14. The van der Waals surface area contributed by atoms with Gasteiger partial charge in [-0.15, -0.1) is 0 Å². The van der Waals surface area contributed by atoms with Gasteiger partial charge in [0.05, 0.1) is 29.1 Å². The van der Waals surface area contributed by atoms with Gasteiger partial charge in [-0.25, -0.2) is 8.42 Å². The lowest BCUT2D eigenvalue weighted by atomic mass is 10.1. The standard InChI is InChI=1S/C17H23N3O2S/c1-20-17(10-14-6-3-2-4-7-14)16(12-19-20)18-11-15-8-5-9-23(21,22)13-15/h2-4,6-7,12,15,18H,5,8-11,13H2,1H3. The van der Waals surface area contributed by atoms with Crippen LogP contribution in [0, 0.1) is 5.92 Å². The molecule has 1 aliphatic heterocycles. The Bertz CT molecular complexity index is 753. The summed E-state index contributed by atoms with van der Waals surface area (Å²) in [5.74, 6) is 0.836. The second-order valence-corrected chi connectivity index (χ2v) is 8.52. The van der Waals surface area contributed by atoms with E-state index >= 15 is 0 Å². The number of aromatic nitrogens is 2. The maximum absolute atomic E-state index is 11.7. The molecule has 2 heterocycles. The van der Waals surface area contributed by atoms with Crippen molar-refractivity contribution in [2.45, 2.75) is 19.3 Å². The highest BCUT2D eigenvalue weighted by Crippen LogP contribution is 2.22. The van der Waals surface area contributed by atoms with Crippen LogP contribution in [-0.2, 0) is 23.3 Å². The Morgan fingerprint density at radius 3 is 2.83 bits per heavy atom. The van der Waals surface area contributed by atoms with Crippen molar-refractivity contribution in [2.24, 2.45) is 13.0 Å².